The van der Waals surface area contributed by atoms with Gasteiger partial charge in [0.1, 0.15) is 35.7 Å². The van der Waals surface area contributed by atoms with Crippen LogP contribution in [0.4, 0.5) is 5.69 Å². The molecule has 5 rings (SSSR count). The number of ether oxygens (including phenoxy) is 3. The Balaban J connectivity index is 1.10. The predicted molar refractivity (Wildman–Crippen MR) is 159 cm³/mol. The molecule has 0 amide bonds. The summed E-state index contributed by atoms with van der Waals surface area (Å²) in [6, 6.07) is 7.95. The lowest BCUT2D eigenvalue weighted by Crippen LogP contribution is -2.47. The first kappa shape index (κ1) is 31.9. The van der Waals surface area contributed by atoms with Gasteiger partial charge in [0.2, 0.25) is 25.9 Å². The average Bonchev–Trinajstić information content (AvgIpc) is 3.40. The number of sulfonamides is 2. The van der Waals surface area contributed by atoms with Gasteiger partial charge >= 0.3 is 0 Å². The Labute approximate surface area is 253 Å². The number of nitrogens with zero attached hydrogens (tertiary/aromatic N) is 3. The van der Waals surface area contributed by atoms with Crippen LogP contribution in [0.25, 0.3) is 0 Å². The fraction of sp³-hybridized carbons (Fsp3) is 0.607. The molecular weight excluding hydrogens is 598 g/mol. The smallest absolute Gasteiger partial charge is 0.244 e. The van der Waals surface area contributed by atoms with E-state index in [1.165, 1.54) is 29.7 Å². The Hall–Kier alpha value is -2.53. The lowest BCUT2D eigenvalue weighted by molar-refractivity contribution is -0.0312. The number of anilines is 1. The first-order chi connectivity index (χ1) is 20.4. The van der Waals surface area contributed by atoms with Crippen LogP contribution in [-0.2, 0) is 24.8 Å². The number of hydrogen-bond donors (Lipinski definition) is 3. The van der Waals surface area contributed by atoms with Crippen molar-refractivity contribution in [3.05, 3.63) is 36.5 Å². The van der Waals surface area contributed by atoms with Gasteiger partial charge in [0, 0.05) is 37.8 Å². The quantitative estimate of drug-likeness (QED) is 0.321. The van der Waals surface area contributed by atoms with Crippen molar-refractivity contribution < 1.29 is 36.2 Å². The van der Waals surface area contributed by atoms with Crippen LogP contribution in [0, 0.1) is 0 Å². The maximum absolute atomic E-state index is 13.5. The molecule has 1 aromatic carbocycles. The second-order valence-corrected chi connectivity index (χ2v) is 15.3. The van der Waals surface area contributed by atoms with E-state index in [1.807, 2.05) is 0 Å². The number of pyridine rings is 1. The zero-order valence-corrected chi connectivity index (χ0v) is 26.4. The van der Waals surface area contributed by atoms with Crippen molar-refractivity contribution in [1.82, 2.24) is 19.3 Å². The average molecular weight is 640 g/mol. The summed E-state index contributed by atoms with van der Waals surface area (Å²) in [5.74, 6) is 0.803. The van der Waals surface area contributed by atoms with E-state index in [-0.39, 0.29) is 35.0 Å². The highest BCUT2D eigenvalue weighted by Gasteiger charge is 2.45. The van der Waals surface area contributed by atoms with Crippen LogP contribution in [0.5, 0.6) is 11.6 Å². The molecule has 0 aliphatic carbocycles. The molecule has 13 nitrogen and oxygen atoms in total. The number of rotatable bonds is 11. The van der Waals surface area contributed by atoms with Crippen LogP contribution >= 0.6 is 0 Å². The maximum Gasteiger partial charge on any atom is 0.244 e. The highest BCUT2D eigenvalue weighted by atomic mass is 32.2. The number of aliphatic hydroxyl groups excluding tert-OH is 1. The molecule has 1 spiro atoms. The minimum Gasteiger partial charge on any atom is -0.491 e. The fourth-order valence-electron chi connectivity index (χ4n) is 5.79. The van der Waals surface area contributed by atoms with E-state index in [9.17, 15) is 21.9 Å². The van der Waals surface area contributed by atoms with Crippen molar-refractivity contribution in [2.24, 2.45) is 0 Å². The third kappa shape index (κ3) is 7.08. The molecule has 15 heteroatoms. The van der Waals surface area contributed by atoms with Crippen LogP contribution in [0.15, 0.2) is 46.3 Å². The molecule has 1 aromatic heterocycles. The molecule has 2 atom stereocenters. The molecule has 43 heavy (non-hydrogen) atoms. The largest absolute Gasteiger partial charge is 0.491 e. The predicted octanol–water partition coefficient (Wildman–Crippen LogP) is 0.939. The monoisotopic (exact) mass is 639 g/mol. The van der Waals surface area contributed by atoms with Crippen molar-refractivity contribution in [1.29, 1.82) is 0 Å². The van der Waals surface area contributed by atoms with Crippen LogP contribution < -0.4 is 24.4 Å². The van der Waals surface area contributed by atoms with E-state index >= 15 is 0 Å². The summed E-state index contributed by atoms with van der Waals surface area (Å²) in [6.45, 7) is 6.70. The van der Waals surface area contributed by atoms with Gasteiger partial charge in [-0.05, 0) is 58.4 Å². The van der Waals surface area contributed by atoms with E-state index in [1.54, 1.807) is 18.2 Å². The fourth-order valence-corrected chi connectivity index (χ4v) is 7.96. The normalized spacial score (nSPS) is 21.5. The van der Waals surface area contributed by atoms with Crippen LogP contribution in [-0.4, -0.2) is 108 Å². The highest BCUT2D eigenvalue weighted by Crippen LogP contribution is 2.38. The van der Waals surface area contributed by atoms with Crippen LogP contribution in [0.2, 0.25) is 0 Å². The number of benzene rings is 1. The van der Waals surface area contributed by atoms with E-state index in [0.717, 1.165) is 0 Å². The zero-order chi connectivity index (χ0) is 30.8. The third-order valence-corrected chi connectivity index (χ3v) is 11.5. The summed E-state index contributed by atoms with van der Waals surface area (Å²) in [4.78, 5) is 6.67. The Morgan fingerprint density at radius 2 is 1.91 bits per heavy atom. The minimum atomic E-state index is -3.73. The summed E-state index contributed by atoms with van der Waals surface area (Å²) in [7, 11) is -5.99. The van der Waals surface area contributed by atoms with Gasteiger partial charge in [-0.3, -0.25) is 0 Å². The van der Waals surface area contributed by atoms with Crippen molar-refractivity contribution >= 4 is 25.7 Å². The van der Waals surface area contributed by atoms with Gasteiger partial charge in [0.25, 0.3) is 0 Å². The molecule has 0 radical (unpaired) electrons. The molecule has 2 aromatic rings. The first-order valence-electron chi connectivity index (χ1n) is 14.5. The van der Waals surface area contributed by atoms with Gasteiger partial charge in [0.15, 0.2) is 0 Å². The Morgan fingerprint density at radius 3 is 2.63 bits per heavy atom. The SMILES string of the molecule is CNS(=O)(=O)c1cccc(OCC(O)CN[C@H]2COC3(CCN(S(=O)(=O)c4cnc5c(c4)N(C(C)C)CCO5)CC3)C2)c1. The van der Waals surface area contributed by atoms with Crippen molar-refractivity contribution in [2.75, 3.05) is 57.9 Å². The third-order valence-electron chi connectivity index (χ3n) is 8.26. The van der Waals surface area contributed by atoms with Gasteiger partial charge in [-0.1, -0.05) is 6.07 Å². The standard InChI is InChI=1S/C28H41N5O8S2/c1-20(2)33-11-12-39-27-26(33)14-25(17-31-27)43(37,38)32-9-7-28(8-10-32)15-21(18-41-28)30-16-22(34)19-40-23-5-4-6-24(13-23)42(35,36)29-3/h4-6,13-14,17,20-22,29-30,34H,7-12,15-16,18-19H2,1-3H3/t21-,22?/m1/s1. The number of aromatic nitrogens is 1. The highest BCUT2D eigenvalue weighted by molar-refractivity contribution is 7.89. The van der Waals surface area contributed by atoms with E-state index in [4.69, 9.17) is 14.2 Å². The first-order valence-corrected chi connectivity index (χ1v) is 17.5. The number of nitrogens with one attached hydrogen (secondary N) is 2. The number of fused-ring (bicyclic) bond motifs is 1. The summed E-state index contributed by atoms with van der Waals surface area (Å²) >= 11 is 0. The molecule has 2 saturated heterocycles. The van der Waals surface area contributed by atoms with E-state index in [0.29, 0.717) is 69.4 Å². The van der Waals surface area contributed by atoms with Gasteiger partial charge in [-0.2, -0.15) is 4.31 Å². The van der Waals surface area contributed by atoms with E-state index in [2.05, 4.69) is 33.8 Å². The summed E-state index contributed by atoms with van der Waals surface area (Å²) in [6.07, 6.45) is 2.41. The molecule has 0 saturated carbocycles. The minimum absolute atomic E-state index is 0.00812. The lowest BCUT2D eigenvalue weighted by Gasteiger charge is -2.38. The van der Waals surface area contributed by atoms with E-state index < -0.39 is 31.8 Å². The molecule has 1 unspecified atom stereocenters. The molecule has 3 N–H and O–H groups in total. The molecular formula is C28H41N5O8S2. The summed E-state index contributed by atoms with van der Waals surface area (Å²) in [5, 5.41) is 13.8. The van der Waals surface area contributed by atoms with Crippen LogP contribution in [0.3, 0.4) is 0 Å². The van der Waals surface area contributed by atoms with Crippen molar-refractivity contribution in [2.45, 2.75) is 66.7 Å². The van der Waals surface area contributed by atoms with Gasteiger partial charge in [-0.25, -0.2) is 26.5 Å². The molecule has 238 valence electrons. The second kappa shape index (κ2) is 12.8. The summed E-state index contributed by atoms with van der Waals surface area (Å²) < 4.78 is 72.3. The Kier molecular flexibility index (Phi) is 9.51. The number of piperidine rings is 1. The van der Waals surface area contributed by atoms with Crippen molar-refractivity contribution in [3.8, 4) is 11.6 Å². The molecule has 3 aliphatic heterocycles. The maximum atomic E-state index is 13.5. The number of hydrogen-bond acceptors (Lipinski definition) is 11. The zero-order valence-electron chi connectivity index (χ0n) is 24.7. The summed E-state index contributed by atoms with van der Waals surface area (Å²) in [5.41, 5.74) is 0.285. The molecule has 2 fully saturated rings. The second-order valence-electron chi connectivity index (χ2n) is 11.5. The molecule has 0 bridgehead atoms. The topological polar surface area (TPSA) is 160 Å². The van der Waals surface area contributed by atoms with Gasteiger partial charge in [-0.15, -0.1) is 0 Å². The number of aliphatic hydroxyl groups is 1. The van der Waals surface area contributed by atoms with Gasteiger partial charge in [0.05, 0.1) is 29.8 Å². The van der Waals surface area contributed by atoms with Crippen LogP contribution in [0.1, 0.15) is 33.1 Å². The Bertz CT molecular complexity index is 1500. The Morgan fingerprint density at radius 1 is 1.14 bits per heavy atom. The lowest BCUT2D eigenvalue weighted by atomic mass is 9.88. The molecule has 4 heterocycles. The molecule has 3 aliphatic rings. The van der Waals surface area contributed by atoms with Gasteiger partial charge < -0.3 is 29.5 Å². The van der Waals surface area contributed by atoms with Crippen molar-refractivity contribution in [3.63, 3.8) is 0 Å².